The van der Waals surface area contributed by atoms with Gasteiger partial charge in [0, 0.05) is 42.6 Å². The van der Waals surface area contributed by atoms with Crippen LogP contribution in [0.15, 0.2) is 156 Å². The number of rotatable bonds is 4. The Morgan fingerprint density at radius 3 is 1.91 bits per heavy atom. The number of para-hydroxylation sites is 2. The van der Waals surface area contributed by atoms with Crippen molar-refractivity contribution in [1.82, 2.24) is 0 Å². The first-order valence-corrected chi connectivity index (χ1v) is 15.3. The predicted octanol–water partition coefficient (Wildman–Crippen LogP) is 12.2. The maximum absolute atomic E-state index is 5.82. The fourth-order valence-corrected chi connectivity index (χ4v) is 7.59. The Kier molecular flexibility index (Phi) is 5.40. The fraction of sp³-hybridized carbons (Fsp3) is 0. The Morgan fingerprint density at radius 1 is 0.442 bits per heavy atom. The minimum absolute atomic E-state index is 0.914. The summed E-state index contributed by atoms with van der Waals surface area (Å²) in [6, 6.07) is 52.5. The zero-order valence-corrected chi connectivity index (χ0v) is 24.0. The second kappa shape index (κ2) is 9.59. The standard InChI is InChI=1S/C40H25NOS/c1-3-9-29(10-4-1)41(30-11-5-2-6-12-30)31-17-15-26(16-18-31)33-22-28-23-38-27(19-20-42-38)21-34(28)36-25-40-37(24-35(33)36)32-13-7-8-14-39(32)43-40/h1-25H. The van der Waals surface area contributed by atoms with Gasteiger partial charge < -0.3 is 9.32 Å². The molecule has 0 aliphatic carbocycles. The summed E-state index contributed by atoms with van der Waals surface area (Å²) in [4.78, 5) is 2.30. The molecule has 0 saturated heterocycles. The van der Waals surface area contributed by atoms with Crippen LogP contribution in [0.5, 0.6) is 0 Å². The number of furan rings is 1. The number of nitrogens with zero attached hydrogens (tertiary/aromatic N) is 1. The zero-order valence-electron chi connectivity index (χ0n) is 23.2. The van der Waals surface area contributed by atoms with Crippen LogP contribution in [-0.4, -0.2) is 0 Å². The average molecular weight is 568 g/mol. The molecule has 0 bridgehead atoms. The summed E-state index contributed by atoms with van der Waals surface area (Å²) in [6.07, 6.45) is 1.78. The van der Waals surface area contributed by atoms with Gasteiger partial charge in [-0.1, -0.05) is 66.7 Å². The van der Waals surface area contributed by atoms with E-state index in [9.17, 15) is 0 Å². The molecule has 0 spiro atoms. The molecule has 0 atom stereocenters. The Labute approximate surface area is 252 Å². The first kappa shape index (κ1) is 24.2. The van der Waals surface area contributed by atoms with Gasteiger partial charge in [0.15, 0.2) is 0 Å². The first-order chi connectivity index (χ1) is 21.3. The molecule has 9 rings (SSSR count). The van der Waals surface area contributed by atoms with E-state index in [1.165, 1.54) is 52.8 Å². The molecular formula is C40H25NOS. The van der Waals surface area contributed by atoms with Gasteiger partial charge in [0.05, 0.1) is 6.26 Å². The molecule has 2 heterocycles. The van der Waals surface area contributed by atoms with Crippen molar-refractivity contribution in [1.29, 1.82) is 0 Å². The van der Waals surface area contributed by atoms with Crippen LogP contribution >= 0.6 is 11.3 Å². The Bertz CT molecular complexity index is 2400. The second-order valence-corrected chi connectivity index (χ2v) is 12.1. The van der Waals surface area contributed by atoms with Gasteiger partial charge in [-0.15, -0.1) is 11.3 Å². The zero-order chi connectivity index (χ0) is 28.3. The molecule has 2 aromatic heterocycles. The number of benzene rings is 7. The van der Waals surface area contributed by atoms with E-state index in [1.54, 1.807) is 6.26 Å². The van der Waals surface area contributed by atoms with Crippen molar-refractivity contribution < 1.29 is 4.42 Å². The van der Waals surface area contributed by atoms with E-state index in [1.807, 2.05) is 11.3 Å². The predicted molar refractivity (Wildman–Crippen MR) is 184 cm³/mol. The van der Waals surface area contributed by atoms with Crippen LogP contribution in [0, 0.1) is 0 Å². The second-order valence-electron chi connectivity index (χ2n) is 11.0. The third-order valence-electron chi connectivity index (χ3n) is 8.49. The van der Waals surface area contributed by atoms with E-state index in [2.05, 4.69) is 150 Å². The number of fused-ring (bicyclic) bond motifs is 7. The lowest BCUT2D eigenvalue weighted by Gasteiger charge is -2.25. The van der Waals surface area contributed by atoms with E-state index in [-0.39, 0.29) is 0 Å². The quantitative estimate of drug-likeness (QED) is 0.197. The van der Waals surface area contributed by atoms with Crippen LogP contribution in [0.3, 0.4) is 0 Å². The third-order valence-corrected chi connectivity index (χ3v) is 9.62. The molecule has 2 nitrogen and oxygen atoms in total. The summed E-state index contributed by atoms with van der Waals surface area (Å²) in [5.41, 5.74) is 6.71. The molecule has 0 unspecified atom stereocenters. The maximum atomic E-state index is 5.82. The first-order valence-electron chi connectivity index (χ1n) is 14.5. The third kappa shape index (κ3) is 3.93. The lowest BCUT2D eigenvalue weighted by atomic mass is 9.91. The van der Waals surface area contributed by atoms with Crippen LogP contribution in [0.4, 0.5) is 17.1 Å². The van der Waals surface area contributed by atoms with Crippen molar-refractivity contribution in [2.45, 2.75) is 0 Å². The van der Waals surface area contributed by atoms with Gasteiger partial charge in [-0.3, -0.25) is 0 Å². The van der Waals surface area contributed by atoms with Crippen molar-refractivity contribution in [2.24, 2.45) is 0 Å². The molecule has 9 aromatic rings. The van der Waals surface area contributed by atoms with Crippen LogP contribution in [-0.2, 0) is 0 Å². The summed E-state index contributed by atoms with van der Waals surface area (Å²) < 4.78 is 8.45. The molecule has 0 fully saturated rings. The normalized spacial score (nSPS) is 11.7. The fourth-order valence-electron chi connectivity index (χ4n) is 6.46. The summed E-state index contributed by atoms with van der Waals surface area (Å²) in [5, 5.41) is 8.74. The number of hydrogen-bond acceptors (Lipinski definition) is 3. The molecule has 3 heteroatoms. The van der Waals surface area contributed by atoms with Crippen molar-refractivity contribution in [2.75, 3.05) is 4.90 Å². The van der Waals surface area contributed by atoms with E-state index in [4.69, 9.17) is 4.42 Å². The molecule has 0 saturated carbocycles. The number of thiophene rings is 1. The maximum Gasteiger partial charge on any atom is 0.134 e. The van der Waals surface area contributed by atoms with Crippen LogP contribution in [0.1, 0.15) is 0 Å². The molecule has 0 amide bonds. The van der Waals surface area contributed by atoms with Gasteiger partial charge in [0.1, 0.15) is 5.58 Å². The Balaban J connectivity index is 1.28. The van der Waals surface area contributed by atoms with Crippen molar-refractivity contribution in [3.63, 3.8) is 0 Å². The highest BCUT2D eigenvalue weighted by molar-refractivity contribution is 7.25. The minimum atomic E-state index is 0.914. The average Bonchev–Trinajstić information content (AvgIpc) is 3.68. The summed E-state index contributed by atoms with van der Waals surface area (Å²) >= 11 is 1.87. The highest BCUT2D eigenvalue weighted by atomic mass is 32.1. The van der Waals surface area contributed by atoms with E-state index in [0.717, 1.165) is 28.0 Å². The summed E-state index contributed by atoms with van der Waals surface area (Å²) in [7, 11) is 0. The smallest absolute Gasteiger partial charge is 0.134 e. The molecular weight excluding hydrogens is 543 g/mol. The van der Waals surface area contributed by atoms with Crippen molar-refractivity contribution >= 4 is 81.1 Å². The van der Waals surface area contributed by atoms with Crippen molar-refractivity contribution in [3.8, 4) is 11.1 Å². The van der Waals surface area contributed by atoms with Gasteiger partial charge in [0.25, 0.3) is 0 Å². The van der Waals surface area contributed by atoms with E-state index in [0.29, 0.717) is 0 Å². The molecule has 0 aliphatic rings. The van der Waals surface area contributed by atoms with Gasteiger partial charge in [-0.2, -0.15) is 0 Å². The SMILES string of the molecule is c1ccc(N(c2ccccc2)c2ccc(-c3cc4cc5occc5cc4c4cc5sc6ccccc6c5cc34)cc2)cc1. The Hall–Kier alpha value is -5.38. The van der Waals surface area contributed by atoms with Crippen LogP contribution in [0.2, 0.25) is 0 Å². The molecule has 43 heavy (non-hydrogen) atoms. The van der Waals surface area contributed by atoms with Crippen LogP contribution in [0.25, 0.3) is 63.8 Å². The lowest BCUT2D eigenvalue weighted by Crippen LogP contribution is -2.09. The van der Waals surface area contributed by atoms with Gasteiger partial charge in [-0.05, 0) is 112 Å². The van der Waals surface area contributed by atoms with Gasteiger partial charge in [0.2, 0.25) is 0 Å². The molecule has 0 N–H and O–H groups in total. The van der Waals surface area contributed by atoms with Crippen LogP contribution < -0.4 is 4.90 Å². The molecule has 0 radical (unpaired) electrons. The molecule has 7 aromatic carbocycles. The minimum Gasteiger partial charge on any atom is -0.464 e. The lowest BCUT2D eigenvalue weighted by molar-refractivity contribution is 0.616. The summed E-state index contributed by atoms with van der Waals surface area (Å²) in [5.74, 6) is 0. The topological polar surface area (TPSA) is 16.4 Å². The van der Waals surface area contributed by atoms with Gasteiger partial charge >= 0.3 is 0 Å². The number of anilines is 3. The van der Waals surface area contributed by atoms with E-state index >= 15 is 0 Å². The number of hydrogen-bond donors (Lipinski definition) is 0. The van der Waals surface area contributed by atoms with Crippen molar-refractivity contribution in [3.05, 3.63) is 152 Å². The van der Waals surface area contributed by atoms with Gasteiger partial charge in [-0.25, -0.2) is 0 Å². The molecule has 0 aliphatic heterocycles. The Morgan fingerprint density at radius 2 is 1.14 bits per heavy atom. The highest BCUT2D eigenvalue weighted by Gasteiger charge is 2.16. The van der Waals surface area contributed by atoms with E-state index < -0.39 is 0 Å². The highest BCUT2D eigenvalue weighted by Crippen LogP contribution is 2.43. The summed E-state index contributed by atoms with van der Waals surface area (Å²) in [6.45, 7) is 0. The molecule has 202 valence electrons. The largest absolute Gasteiger partial charge is 0.464 e. The monoisotopic (exact) mass is 567 g/mol.